The number of aliphatic hydroxyl groups excluding tert-OH is 1. The molecule has 0 fully saturated rings. The van der Waals surface area contributed by atoms with E-state index < -0.39 is 6.10 Å². The molecule has 2 rings (SSSR count). The first-order valence-electron chi connectivity index (χ1n) is 6.78. The Morgan fingerprint density at radius 3 is 2.30 bits per heavy atom. The van der Waals surface area contributed by atoms with Gasteiger partial charge in [-0.1, -0.05) is 78.6 Å². The van der Waals surface area contributed by atoms with Crippen LogP contribution in [0.5, 0.6) is 0 Å². The fraction of sp³-hybridized carbons (Fsp3) is 0.158. The van der Waals surface area contributed by atoms with E-state index in [0.717, 1.165) is 18.4 Å². The van der Waals surface area contributed by atoms with Crippen molar-refractivity contribution in [2.24, 2.45) is 0 Å². The summed E-state index contributed by atoms with van der Waals surface area (Å²) in [6.45, 7) is 0. The summed E-state index contributed by atoms with van der Waals surface area (Å²) in [4.78, 5) is 0. The monoisotopic (exact) mass is 262 g/mol. The van der Waals surface area contributed by atoms with Crippen LogP contribution in [0.15, 0.2) is 66.7 Å². The molecule has 0 aliphatic rings. The summed E-state index contributed by atoms with van der Waals surface area (Å²) in [5.41, 5.74) is 2.34. The molecule has 1 atom stereocenters. The van der Waals surface area contributed by atoms with Crippen LogP contribution in [0.25, 0.3) is 6.08 Å². The van der Waals surface area contributed by atoms with Gasteiger partial charge in [-0.3, -0.25) is 0 Å². The molecule has 0 aliphatic carbocycles. The molecule has 0 aliphatic heterocycles. The lowest BCUT2D eigenvalue weighted by atomic mass is 10.1. The maximum atomic E-state index is 9.75. The SMILES string of the molecule is O[C@H](C#CCCc1ccccc1)/C=C/c1ccccc1. The summed E-state index contributed by atoms with van der Waals surface area (Å²) in [6, 6.07) is 20.1. The van der Waals surface area contributed by atoms with Gasteiger partial charge >= 0.3 is 0 Å². The fourth-order valence-electron chi connectivity index (χ4n) is 1.84. The topological polar surface area (TPSA) is 20.2 Å². The zero-order chi connectivity index (χ0) is 14.0. The van der Waals surface area contributed by atoms with Gasteiger partial charge in [0.15, 0.2) is 0 Å². The third kappa shape index (κ3) is 5.14. The van der Waals surface area contributed by atoms with Gasteiger partial charge in [-0.05, 0) is 23.6 Å². The summed E-state index contributed by atoms with van der Waals surface area (Å²) in [7, 11) is 0. The van der Waals surface area contributed by atoms with Gasteiger partial charge in [-0.25, -0.2) is 0 Å². The Morgan fingerprint density at radius 2 is 1.60 bits per heavy atom. The van der Waals surface area contributed by atoms with Crippen LogP contribution in [0.2, 0.25) is 0 Å². The predicted octanol–water partition coefficient (Wildman–Crippen LogP) is 3.70. The number of aryl methyl sites for hydroxylation is 1. The lowest BCUT2D eigenvalue weighted by molar-refractivity contribution is 0.281. The molecule has 100 valence electrons. The normalized spacial score (nSPS) is 11.8. The molecule has 0 radical (unpaired) electrons. The lowest BCUT2D eigenvalue weighted by Gasteiger charge is -1.96. The first-order valence-corrected chi connectivity index (χ1v) is 6.78. The number of hydrogen-bond donors (Lipinski definition) is 1. The van der Waals surface area contributed by atoms with Crippen LogP contribution in [0.1, 0.15) is 17.5 Å². The third-order valence-electron chi connectivity index (χ3n) is 2.90. The van der Waals surface area contributed by atoms with Crippen molar-refractivity contribution in [2.75, 3.05) is 0 Å². The highest BCUT2D eigenvalue weighted by atomic mass is 16.3. The van der Waals surface area contributed by atoms with E-state index in [-0.39, 0.29) is 0 Å². The number of rotatable bonds is 4. The molecule has 0 heterocycles. The molecule has 1 N–H and O–H groups in total. The summed E-state index contributed by atoms with van der Waals surface area (Å²) in [5, 5.41) is 9.75. The highest BCUT2D eigenvalue weighted by molar-refractivity contribution is 5.50. The quantitative estimate of drug-likeness (QED) is 0.833. The van der Waals surface area contributed by atoms with Crippen LogP contribution in [0.3, 0.4) is 0 Å². The first-order chi connectivity index (χ1) is 9.84. The van der Waals surface area contributed by atoms with Gasteiger partial charge in [0.05, 0.1) is 0 Å². The van der Waals surface area contributed by atoms with Gasteiger partial charge in [-0.15, -0.1) is 0 Å². The van der Waals surface area contributed by atoms with Gasteiger partial charge in [0.1, 0.15) is 6.10 Å². The maximum absolute atomic E-state index is 9.75. The van der Waals surface area contributed by atoms with Gasteiger partial charge in [0.25, 0.3) is 0 Å². The van der Waals surface area contributed by atoms with Crippen molar-refractivity contribution in [3.63, 3.8) is 0 Å². The standard InChI is InChI=1S/C19H18O/c20-19(16-15-18-11-5-2-6-12-18)14-8-7-13-17-9-3-1-4-10-17/h1-6,9-12,15-16,19-20H,7,13H2/b16-15+/t19-/m1/s1. The van der Waals surface area contributed by atoms with Gasteiger partial charge in [0.2, 0.25) is 0 Å². The van der Waals surface area contributed by atoms with E-state index in [4.69, 9.17) is 0 Å². The predicted molar refractivity (Wildman–Crippen MR) is 84.0 cm³/mol. The molecule has 1 heteroatoms. The minimum Gasteiger partial charge on any atom is -0.377 e. The molecule has 2 aromatic rings. The van der Waals surface area contributed by atoms with Gasteiger partial charge in [0, 0.05) is 6.42 Å². The average molecular weight is 262 g/mol. The zero-order valence-corrected chi connectivity index (χ0v) is 11.4. The van der Waals surface area contributed by atoms with Crippen LogP contribution < -0.4 is 0 Å². The Labute approximate surface area is 120 Å². The van der Waals surface area contributed by atoms with E-state index in [9.17, 15) is 5.11 Å². The Bertz CT molecular complexity index is 588. The van der Waals surface area contributed by atoms with E-state index >= 15 is 0 Å². The van der Waals surface area contributed by atoms with Crippen molar-refractivity contribution in [2.45, 2.75) is 18.9 Å². The highest BCUT2D eigenvalue weighted by Gasteiger charge is 1.92. The Kier molecular flexibility index (Phi) is 5.64. The number of benzene rings is 2. The Morgan fingerprint density at radius 1 is 0.950 bits per heavy atom. The second-order valence-corrected chi connectivity index (χ2v) is 4.52. The van der Waals surface area contributed by atoms with E-state index in [1.165, 1.54) is 5.56 Å². The van der Waals surface area contributed by atoms with Crippen molar-refractivity contribution in [3.05, 3.63) is 77.9 Å². The third-order valence-corrected chi connectivity index (χ3v) is 2.90. The van der Waals surface area contributed by atoms with Gasteiger partial charge in [-0.2, -0.15) is 0 Å². The second-order valence-electron chi connectivity index (χ2n) is 4.52. The molecule has 0 saturated carbocycles. The minimum atomic E-state index is -0.703. The van der Waals surface area contributed by atoms with E-state index in [1.54, 1.807) is 6.08 Å². The molecule has 0 bridgehead atoms. The first kappa shape index (κ1) is 14.1. The van der Waals surface area contributed by atoms with Gasteiger partial charge < -0.3 is 5.11 Å². The molecular formula is C19H18O. The van der Waals surface area contributed by atoms with E-state index in [2.05, 4.69) is 24.0 Å². The molecule has 20 heavy (non-hydrogen) atoms. The van der Waals surface area contributed by atoms with Crippen LogP contribution in [0, 0.1) is 11.8 Å². The molecule has 0 unspecified atom stereocenters. The fourth-order valence-corrected chi connectivity index (χ4v) is 1.84. The Hall–Kier alpha value is -2.30. The number of aliphatic hydroxyl groups is 1. The molecule has 0 spiro atoms. The summed E-state index contributed by atoms with van der Waals surface area (Å²) in [5.74, 6) is 5.86. The van der Waals surface area contributed by atoms with Crippen molar-refractivity contribution >= 4 is 6.08 Å². The van der Waals surface area contributed by atoms with Crippen LogP contribution >= 0.6 is 0 Å². The maximum Gasteiger partial charge on any atom is 0.133 e. The molecular weight excluding hydrogens is 244 g/mol. The molecule has 0 amide bonds. The second kappa shape index (κ2) is 7.99. The van der Waals surface area contributed by atoms with Crippen molar-refractivity contribution < 1.29 is 5.11 Å². The summed E-state index contributed by atoms with van der Waals surface area (Å²) in [6.07, 6.45) is 4.58. The molecule has 2 aromatic carbocycles. The van der Waals surface area contributed by atoms with E-state index in [1.807, 2.05) is 54.6 Å². The molecule has 1 nitrogen and oxygen atoms in total. The molecule has 0 saturated heterocycles. The van der Waals surface area contributed by atoms with Crippen LogP contribution in [-0.2, 0) is 6.42 Å². The highest BCUT2D eigenvalue weighted by Crippen LogP contribution is 2.03. The van der Waals surface area contributed by atoms with Crippen LogP contribution in [-0.4, -0.2) is 11.2 Å². The van der Waals surface area contributed by atoms with E-state index in [0.29, 0.717) is 0 Å². The lowest BCUT2D eigenvalue weighted by Crippen LogP contribution is -1.96. The largest absolute Gasteiger partial charge is 0.377 e. The minimum absolute atomic E-state index is 0.703. The smallest absolute Gasteiger partial charge is 0.133 e. The summed E-state index contributed by atoms with van der Waals surface area (Å²) >= 11 is 0. The average Bonchev–Trinajstić information content (AvgIpc) is 2.52. The zero-order valence-electron chi connectivity index (χ0n) is 11.4. The van der Waals surface area contributed by atoms with Crippen molar-refractivity contribution in [1.82, 2.24) is 0 Å². The van der Waals surface area contributed by atoms with Crippen molar-refractivity contribution in [3.8, 4) is 11.8 Å². The van der Waals surface area contributed by atoms with Crippen LogP contribution in [0.4, 0.5) is 0 Å². The Balaban J connectivity index is 1.79. The summed E-state index contributed by atoms with van der Waals surface area (Å²) < 4.78 is 0. The van der Waals surface area contributed by atoms with Crippen molar-refractivity contribution in [1.29, 1.82) is 0 Å². The molecule has 0 aromatic heterocycles. The number of hydrogen-bond acceptors (Lipinski definition) is 1.